The van der Waals surface area contributed by atoms with Gasteiger partial charge in [-0.15, -0.1) is 0 Å². The van der Waals surface area contributed by atoms with Crippen LogP contribution in [0.25, 0.3) is 0 Å². The topological polar surface area (TPSA) is 32.3 Å². The standard InChI is InChI=1S/C21H23BrN2O/c1-15-10-13-24(14-15)19-8-6-18(7-9-19)23-20(25)21(11-12-21)16-2-4-17(22)5-3-16/h2-9,15H,10-14H2,1H3,(H,23,25). The van der Waals surface area contributed by atoms with Crippen molar-refractivity contribution in [1.82, 2.24) is 0 Å². The van der Waals surface area contributed by atoms with E-state index in [-0.39, 0.29) is 11.3 Å². The molecule has 0 radical (unpaired) electrons. The van der Waals surface area contributed by atoms with Crippen LogP contribution >= 0.6 is 15.9 Å². The van der Waals surface area contributed by atoms with E-state index in [1.54, 1.807) is 0 Å². The molecule has 1 aliphatic carbocycles. The number of benzene rings is 2. The predicted molar refractivity (Wildman–Crippen MR) is 106 cm³/mol. The molecule has 1 amide bonds. The molecule has 1 saturated heterocycles. The maximum Gasteiger partial charge on any atom is 0.235 e. The molecule has 1 unspecified atom stereocenters. The van der Waals surface area contributed by atoms with Crippen LogP contribution in [0.3, 0.4) is 0 Å². The normalized spacial score (nSPS) is 21.2. The van der Waals surface area contributed by atoms with E-state index in [1.807, 2.05) is 36.4 Å². The van der Waals surface area contributed by atoms with Crippen LogP contribution in [-0.2, 0) is 10.2 Å². The van der Waals surface area contributed by atoms with E-state index in [0.29, 0.717) is 0 Å². The van der Waals surface area contributed by atoms with Crippen molar-refractivity contribution in [3.8, 4) is 0 Å². The maximum absolute atomic E-state index is 12.8. The summed E-state index contributed by atoms with van der Waals surface area (Å²) in [7, 11) is 0. The van der Waals surface area contributed by atoms with Gasteiger partial charge in [0.1, 0.15) is 0 Å². The highest BCUT2D eigenvalue weighted by Gasteiger charge is 2.51. The van der Waals surface area contributed by atoms with Crippen molar-refractivity contribution in [3.63, 3.8) is 0 Å². The summed E-state index contributed by atoms with van der Waals surface area (Å²) >= 11 is 3.46. The minimum atomic E-state index is -0.343. The quantitative estimate of drug-likeness (QED) is 0.788. The van der Waals surface area contributed by atoms with Gasteiger partial charge in [0, 0.05) is 28.9 Å². The van der Waals surface area contributed by atoms with Gasteiger partial charge in [0.2, 0.25) is 5.91 Å². The summed E-state index contributed by atoms with van der Waals surface area (Å²) in [5, 5.41) is 3.12. The number of hydrogen-bond donors (Lipinski definition) is 1. The minimum Gasteiger partial charge on any atom is -0.371 e. The Kier molecular flexibility index (Phi) is 4.32. The summed E-state index contributed by atoms with van der Waals surface area (Å²) < 4.78 is 1.04. The number of halogens is 1. The molecule has 2 aromatic rings. The Labute approximate surface area is 157 Å². The summed E-state index contributed by atoms with van der Waals surface area (Å²) in [5.74, 6) is 0.873. The molecule has 4 rings (SSSR count). The number of amides is 1. The molecule has 1 aliphatic heterocycles. The van der Waals surface area contributed by atoms with Crippen molar-refractivity contribution in [2.24, 2.45) is 5.92 Å². The lowest BCUT2D eigenvalue weighted by molar-refractivity contribution is -0.118. The Morgan fingerprint density at radius 3 is 2.36 bits per heavy atom. The van der Waals surface area contributed by atoms with Crippen LogP contribution in [0.15, 0.2) is 53.0 Å². The number of rotatable bonds is 4. The smallest absolute Gasteiger partial charge is 0.235 e. The van der Waals surface area contributed by atoms with Crippen LogP contribution in [0.2, 0.25) is 0 Å². The van der Waals surface area contributed by atoms with Crippen molar-refractivity contribution in [3.05, 3.63) is 58.6 Å². The number of carbonyl (C=O) groups excluding carboxylic acids is 1. The van der Waals surface area contributed by atoms with Crippen LogP contribution in [0.1, 0.15) is 31.7 Å². The average Bonchev–Trinajstić information content (AvgIpc) is 3.32. The van der Waals surface area contributed by atoms with Gasteiger partial charge in [0.25, 0.3) is 0 Å². The Balaban J connectivity index is 1.45. The molecule has 2 aliphatic rings. The lowest BCUT2D eigenvalue weighted by atomic mass is 9.95. The largest absolute Gasteiger partial charge is 0.371 e. The number of nitrogens with one attached hydrogen (secondary N) is 1. The van der Waals surface area contributed by atoms with Gasteiger partial charge in [0.15, 0.2) is 0 Å². The van der Waals surface area contributed by atoms with E-state index in [0.717, 1.165) is 47.6 Å². The molecule has 0 bridgehead atoms. The molecule has 1 N–H and O–H groups in total. The fourth-order valence-electron chi connectivity index (χ4n) is 3.72. The van der Waals surface area contributed by atoms with Crippen LogP contribution in [0.4, 0.5) is 11.4 Å². The lowest BCUT2D eigenvalue weighted by Crippen LogP contribution is -2.27. The SMILES string of the molecule is CC1CCN(c2ccc(NC(=O)C3(c4ccc(Br)cc4)CC3)cc2)C1. The van der Waals surface area contributed by atoms with Crippen molar-refractivity contribution < 1.29 is 4.79 Å². The summed E-state index contributed by atoms with van der Waals surface area (Å²) in [4.78, 5) is 15.3. The molecule has 0 spiro atoms. The van der Waals surface area contributed by atoms with Gasteiger partial charge in [-0.3, -0.25) is 4.79 Å². The molecule has 1 atom stereocenters. The van der Waals surface area contributed by atoms with Gasteiger partial charge in [-0.2, -0.15) is 0 Å². The van der Waals surface area contributed by atoms with Crippen molar-refractivity contribution in [2.75, 3.05) is 23.3 Å². The zero-order valence-electron chi connectivity index (χ0n) is 14.5. The highest BCUT2D eigenvalue weighted by molar-refractivity contribution is 9.10. The highest BCUT2D eigenvalue weighted by Crippen LogP contribution is 2.49. The Hall–Kier alpha value is -1.81. The van der Waals surface area contributed by atoms with E-state index >= 15 is 0 Å². The third-order valence-electron chi connectivity index (χ3n) is 5.50. The first-order valence-electron chi connectivity index (χ1n) is 8.99. The molecule has 2 aromatic carbocycles. The second-order valence-corrected chi connectivity index (χ2v) is 8.35. The third kappa shape index (κ3) is 3.32. The molecule has 2 fully saturated rings. The average molecular weight is 399 g/mol. The highest BCUT2D eigenvalue weighted by atomic mass is 79.9. The first kappa shape index (κ1) is 16.6. The van der Waals surface area contributed by atoms with Crippen LogP contribution in [-0.4, -0.2) is 19.0 Å². The van der Waals surface area contributed by atoms with Gasteiger partial charge in [0.05, 0.1) is 5.41 Å². The monoisotopic (exact) mass is 398 g/mol. The fraction of sp³-hybridized carbons (Fsp3) is 0.381. The zero-order valence-corrected chi connectivity index (χ0v) is 16.1. The van der Waals surface area contributed by atoms with E-state index in [2.05, 4.69) is 45.2 Å². The second-order valence-electron chi connectivity index (χ2n) is 7.43. The van der Waals surface area contributed by atoms with Crippen molar-refractivity contribution in [1.29, 1.82) is 0 Å². The first-order chi connectivity index (χ1) is 12.1. The molecule has 25 heavy (non-hydrogen) atoms. The fourth-order valence-corrected chi connectivity index (χ4v) is 3.98. The maximum atomic E-state index is 12.8. The predicted octanol–water partition coefficient (Wildman–Crippen LogP) is 4.97. The molecule has 130 valence electrons. The van der Waals surface area contributed by atoms with Gasteiger partial charge in [-0.25, -0.2) is 0 Å². The van der Waals surface area contributed by atoms with Crippen LogP contribution in [0, 0.1) is 5.92 Å². The first-order valence-corrected chi connectivity index (χ1v) is 9.79. The Bertz CT molecular complexity index is 765. The molecule has 1 saturated carbocycles. The van der Waals surface area contributed by atoms with Crippen molar-refractivity contribution in [2.45, 2.75) is 31.6 Å². The number of nitrogens with zero attached hydrogens (tertiary/aromatic N) is 1. The molecule has 0 aromatic heterocycles. The van der Waals surface area contributed by atoms with E-state index in [9.17, 15) is 4.79 Å². The lowest BCUT2D eigenvalue weighted by Gasteiger charge is -2.19. The van der Waals surface area contributed by atoms with Crippen LogP contribution in [0.5, 0.6) is 0 Å². The number of carbonyl (C=O) groups is 1. The minimum absolute atomic E-state index is 0.109. The third-order valence-corrected chi connectivity index (χ3v) is 6.02. The summed E-state index contributed by atoms with van der Waals surface area (Å²) in [6.07, 6.45) is 3.10. The van der Waals surface area contributed by atoms with Gasteiger partial charge in [-0.05, 0) is 67.1 Å². The zero-order chi connectivity index (χ0) is 17.4. The molecule has 3 nitrogen and oxygen atoms in total. The van der Waals surface area contributed by atoms with Gasteiger partial charge < -0.3 is 10.2 Å². The second kappa shape index (κ2) is 6.49. The van der Waals surface area contributed by atoms with E-state index in [1.165, 1.54) is 12.1 Å². The molecular weight excluding hydrogens is 376 g/mol. The number of anilines is 2. The van der Waals surface area contributed by atoms with E-state index < -0.39 is 0 Å². The van der Waals surface area contributed by atoms with Gasteiger partial charge >= 0.3 is 0 Å². The molecule has 4 heteroatoms. The van der Waals surface area contributed by atoms with E-state index in [4.69, 9.17) is 0 Å². The summed E-state index contributed by atoms with van der Waals surface area (Å²) in [6.45, 7) is 4.55. The summed E-state index contributed by atoms with van der Waals surface area (Å²) in [5.41, 5.74) is 2.89. The Morgan fingerprint density at radius 2 is 1.80 bits per heavy atom. The van der Waals surface area contributed by atoms with Crippen molar-refractivity contribution >= 4 is 33.2 Å². The Morgan fingerprint density at radius 1 is 1.12 bits per heavy atom. The number of hydrogen-bond acceptors (Lipinski definition) is 2. The molecular formula is C21H23BrN2O. The van der Waals surface area contributed by atoms with Crippen LogP contribution < -0.4 is 10.2 Å². The molecule has 1 heterocycles. The summed E-state index contributed by atoms with van der Waals surface area (Å²) in [6, 6.07) is 16.4. The van der Waals surface area contributed by atoms with Gasteiger partial charge in [-0.1, -0.05) is 35.0 Å².